The van der Waals surface area contributed by atoms with Crippen LogP contribution in [0.4, 0.5) is 5.69 Å². The van der Waals surface area contributed by atoms with E-state index in [-0.39, 0.29) is 0 Å². The Morgan fingerprint density at radius 3 is 1.66 bits per heavy atom. The zero-order chi connectivity index (χ0) is 21.4. The number of aliphatic carboxylic acids is 2. The summed E-state index contributed by atoms with van der Waals surface area (Å²) in [6.45, 7) is 4.31. The number of nitrogen functional groups attached to an aromatic ring is 1. The molecule has 5 nitrogen and oxygen atoms in total. The monoisotopic (exact) mass is 391 g/mol. The summed E-state index contributed by atoms with van der Waals surface area (Å²) in [4.78, 5) is 18.2. The Kier molecular flexibility index (Phi) is 7.54. The zero-order valence-electron chi connectivity index (χ0n) is 16.6. The molecule has 0 aliphatic carbocycles. The molecule has 3 aromatic rings. The third-order valence-corrected chi connectivity index (χ3v) is 4.81. The predicted octanol–water partition coefficient (Wildman–Crippen LogP) is 4.22. The van der Waals surface area contributed by atoms with Crippen molar-refractivity contribution in [1.29, 1.82) is 0 Å². The van der Waals surface area contributed by atoms with Gasteiger partial charge in [0.2, 0.25) is 0 Å². The molecule has 0 saturated carbocycles. The van der Waals surface area contributed by atoms with E-state index >= 15 is 0 Å². The Labute approximate surface area is 170 Å². The zero-order valence-corrected chi connectivity index (χ0v) is 16.6. The van der Waals surface area contributed by atoms with E-state index in [0.717, 1.165) is 18.5 Å². The van der Waals surface area contributed by atoms with Crippen LogP contribution in [0.1, 0.15) is 33.4 Å². The van der Waals surface area contributed by atoms with Crippen LogP contribution in [0, 0.1) is 13.8 Å². The van der Waals surface area contributed by atoms with Crippen LogP contribution in [0.25, 0.3) is 0 Å². The van der Waals surface area contributed by atoms with Crippen LogP contribution in [-0.2, 0) is 22.4 Å². The molecule has 0 unspecified atom stereocenters. The second kappa shape index (κ2) is 10.1. The number of carbonyl (C=O) groups is 2. The van der Waals surface area contributed by atoms with Gasteiger partial charge in [-0.25, -0.2) is 9.59 Å². The maximum Gasteiger partial charge on any atom is 0.414 e. The fourth-order valence-corrected chi connectivity index (χ4v) is 3.09. The van der Waals surface area contributed by atoms with Crippen LogP contribution in [0.5, 0.6) is 0 Å². The van der Waals surface area contributed by atoms with Gasteiger partial charge in [0.05, 0.1) is 0 Å². The molecule has 3 aromatic carbocycles. The number of carboxylic acids is 2. The van der Waals surface area contributed by atoms with Gasteiger partial charge in [0.1, 0.15) is 0 Å². The average molecular weight is 391 g/mol. The molecule has 150 valence electrons. The Morgan fingerprint density at radius 1 is 0.759 bits per heavy atom. The average Bonchev–Trinajstić information content (AvgIpc) is 2.71. The largest absolute Gasteiger partial charge is 0.473 e. The minimum absolute atomic E-state index is 0.894. The van der Waals surface area contributed by atoms with Crippen molar-refractivity contribution in [2.24, 2.45) is 0 Å². The Morgan fingerprint density at radius 2 is 1.21 bits per heavy atom. The summed E-state index contributed by atoms with van der Waals surface area (Å²) < 4.78 is 0. The van der Waals surface area contributed by atoms with Crippen LogP contribution in [-0.4, -0.2) is 22.2 Å². The predicted molar refractivity (Wildman–Crippen MR) is 114 cm³/mol. The first-order chi connectivity index (χ1) is 13.8. The lowest BCUT2D eigenvalue weighted by molar-refractivity contribution is -0.159. The van der Waals surface area contributed by atoms with Crippen molar-refractivity contribution in [2.75, 3.05) is 5.73 Å². The summed E-state index contributed by atoms with van der Waals surface area (Å²) in [7, 11) is 0. The normalized spacial score (nSPS) is 10.0. The van der Waals surface area contributed by atoms with Crippen molar-refractivity contribution in [1.82, 2.24) is 0 Å². The van der Waals surface area contributed by atoms with E-state index < -0.39 is 11.9 Å². The molecule has 0 saturated heterocycles. The molecule has 0 aliphatic rings. The first-order valence-electron chi connectivity index (χ1n) is 9.21. The molecule has 0 heterocycles. The SMILES string of the molecule is Cc1c(N)cc(Cc2ccccc2)c(Cc2ccccc2)c1C.O=C(O)C(=O)O. The van der Waals surface area contributed by atoms with Gasteiger partial charge >= 0.3 is 11.9 Å². The molecule has 4 N–H and O–H groups in total. The Hall–Kier alpha value is -3.60. The van der Waals surface area contributed by atoms with Gasteiger partial charge in [-0.3, -0.25) is 0 Å². The van der Waals surface area contributed by atoms with E-state index in [0.29, 0.717) is 0 Å². The molecule has 3 rings (SSSR count). The van der Waals surface area contributed by atoms with Gasteiger partial charge in [-0.05, 0) is 66.1 Å². The van der Waals surface area contributed by atoms with E-state index in [4.69, 9.17) is 25.5 Å². The fraction of sp³-hybridized carbons (Fsp3) is 0.167. The summed E-state index contributed by atoms with van der Waals surface area (Å²) in [6.07, 6.45) is 1.88. The fourth-order valence-electron chi connectivity index (χ4n) is 3.09. The summed E-state index contributed by atoms with van der Waals surface area (Å²) in [5, 5.41) is 14.8. The topological polar surface area (TPSA) is 101 Å². The van der Waals surface area contributed by atoms with E-state index in [9.17, 15) is 0 Å². The van der Waals surface area contributed by atoms with E-state index in [1.807, 2.05) is 0 Å². The van der Waals surface area contributed by atoms with Gasteiger partial charge in [0, 0.05) is 5.69 Å². The summed E-state index contributed by atoms with van der Waals surface area (Å²) >= 11 is 0. The third-order valence-electron chi connectivity index (χ3n) is 4.81. The van der Waals surface area contributed by atoms with Gasteiger partial charge in [0.15, 0.2) is 0 Å². The van der Waals surface area contributed by atoms with Crippen LogP contribution < -0.4 is 5.73 Å². The first kappa shape index (κ1) is 21.7. The van der Waals surface area contributed by atoms with Crippen molar-refractivity contribution in [2.45, 2.75) is 26.7 Å². The van der Waals surface area contributed by atoms with E-state index in [1.165, 1.54) is 33.4 Å². The lowest BCUT2D eigenvalue weighted by atomic mass is 9.88. The summed E-state index contributed by atoms with van der Waals surface area (Å²) in [6, 6.07) is 23.4. The quantitative estimate of drug-likeness (QED) is 0.457. The maximum atomic E-state index is 9.10. The number of nitrogens with two attached hydrogens (primary N) is 1. The third kappa shape index (κ3) is 6.21. The van der Waals surface area contributed by atoms with Crippen molar-refractivity contribution < 1.29 is 19.8 Å². The minimum atomic E-state index is -1.82. The molecule has 29 heavy (non-hydrogen) atoms. The van der Waals surface area contributed by atoms with Crippen molar-refractivity contribution >= 4 is 17.6 Å². The minimum Gasteiger partial charge on any atom is -0.473 e. The second-order valence-electron chi connectivity index (χ2n) is 6.79. The maximum absolute atomic E-state index is 9.10. The van der Waals surface area contributed by atoms with Gasteiger partial charge in [-0.2, -0.15) is 0 Å². The van der Waals surface area contributed by atoms with Crippen LogP contribution >= 0.6 is 0 Å². The standard InChI is InChI=1S/C22H23N.C2H2O4/c1-16-17(2)22(23)15-20(13-18-9-5-3-6-10-18)21(16)14-19-11-7-4-8-12-19;3-1(4)2(5)6/h3-12,15H,13-14,23H2,1-2H3;(H,3,4)(H,5,6). The molecule has 0 amide bonds. The molecule has 0 atom stereocenters. The number of hydrogen-bond acceptors (Lipinski definition) is 3. The van der Waals surface area contributed by atoms with Crippen molar-refractivity contribution in [3.05, 3.63) is 100 Å². The van der Waals surface area contributed by atoms with Gasteiger partial charge in [-0.15, -0.1) is 0 Å². The molecule has 0 radical (unpaired) electrons. The molecule has 5 heteroatoms. The molecular formula is C24H25NO4. The summed E-state index contributed by atoms with van der Waals surface area (Å²) in [5.41, 5.74) is 15.1. The van der Waals surface area contributed by atoms with E-state index in [1.54, 1.807) is 0 Å². The molecular weight excluding hydrogens is 366 g/mol. The highest BCUT2D eigenvalue weighted by molar-refractivity contribution is 6.27. The number of hydrogen-bond donors (Lipinski definition) is 3. The highest BCUT2D eigenvalue weighted by Gasteiger charge is 2.12. The van der Waals surface area contributed by atoms with Crippen molar-refractivity contribution in [3.63, 3.8) is 0 Å². The number of carboxylic acid groups (broad SMARTS) is 2. The van der Waals surface area contributed by atoms with Crippen LogP contribution in [0.2, 0.25) is 0 Å². The van der Waals surface area contributed by atoms with E-state index in [2.05, 4.69) is 80.6 Å². The lowest BCUT2D eigenvalue weighted by Crippen LogP contribution is -2.09. The first-order valence-corrected chi connectivity index (χ1v) is 9.21. The molecule has 0 aromatic heterocycles. The number of benzene rings is 3. The lowest BCUT2D eigenvalue weighted by Gasteiger charge is -2.17. The highest BCUT2D eigenvalue weighted by atomic mass is 16.4. The summed E-state index contributed by atoms with van der Waals surface area (Å²) in [5.74, 6) is -3.65. The molecule has 0 spiro atoms. The second-order valence-corrected chi connectivity index (χ2v) is 6.79. The highest BCUT2D eigenvalue weighted by Crippen LogP contribution is 2.28. The van der Waals surface area contributed by atoms with Gasteiger partial charge < -0.3 is 15.9 Å². The number of rotatable bonds is 4. The van der Waals surface area contributed by atoms with Crippen molar-refractivity contribution in [3.8, 4) is 0 Å². The Bertz CT molecular complexity index is 971. The van der Waals surface area contributed by atoms with Crippen LogP contribution in [0.3, 0.4) is 0 Å². The smallest absolute Gasteiger partial charge is 0.414 e. The van der Waals surface area contributed by atoms with Crippen LogP contribution in [0.15, 0.2) is 66.7 Å². The Balaban J connectivity index is 0.000000438. The van der Waals surface area contributed by atoms with Gasteiger partial charge in [-0.1, -0.05) is 60.7 Å². The molecule has 0 bridgehead atoms. The molecule has 0 fully saturated rings. The number of anilines is 1. The van der Waals surface area contributed by atoms with Gasteiger partial charge in [0.25, 0.3) is 0 Å². The molecule has 0 aliphatic heterocycles.